The minimum atomic E-state index is -0.706. The van der Waals surface area contributed by atoms with Crippen LogP contribution in [0.5, 0.6) is 5.75 Å². The van der Waals surface area contributed by atoms with E-state index >= 15 is 0 Å². The number of carbonyl (C=O) groups excluding carboxylic acids is 3. The maximum Gasteiger partial charge on any atom is 0.313 e. The molecule has 0 aliphatic carbocycles. The molecule has 0 atom stereocenters. The number of carbonyl (C=O) groups is 3. The van der Waals surface area contributed by atoms with Crippen LogP contribution in [0.15, 0.2) is 48.5 Å². The zero-order valence-corrected chi connectivity index (χ0v) is 18.6. The van der Waals surface area contributed by atoms with E-state index in [1.807, 2.05) is 43.0 Å². The number of aryl methyl sites for hydroxylation is 1. The fourth-order valence-corrected chi connectivity index (χ4v) is 3.53. The molecule has 8 nitrogen and oxygen atoms in total. The van der Waals surface area contributed by atoms with Crippen LogP contribution >= 0.6 is 0 Å². The molecular weight excluding hydrogens is 408 g/mol. The lowest BCUT2D eigenvalue weighted by Gasteiger charge is -2.34. The van der Waals surface area contributed by atoms with E-state index in [9.17, 15) is 14.4 Å². The second-order valence-electron chi connectivity index (χ2n) is 7.67. The normalized spacial score (nSPS) is 14.0. The number of piperazine rings is 1. The average Bonchev–Trinajstić information content (AvgIpc) is 2.80. The highest BCUT2D eigenvalue weighted by Crippen LogP contribution is 2.15. The molecule has 1 saturated heterocycles. The maximum absolute atomic E-state index is 12.6. The van der Waals surface area contributed by atoms with Gasteiger partial charge in [-0.1, -0.05) is 17.7 Å². The first kappa shape index (κ1) is 23.3. The van der Waals surface area contributed by atoms with Crippen LogP contribution in [0.3, 0.4) is 0 Å². The highest BCUT2D eigenvalue weighted by molar-refractivity contribution is 6.39. The largest absolute Gasteiger partial charge is 0.494 e. The molecule has 0 aromatic heterocycles. The second kappa shape index (κ2) is 11.3. The Morgan fingerprint density at radius 2 is 1.69 bits per heavy atom. The molecule has 1 heterocycles. The minimum absolute atomic E-state index is 0.0487. The van der Waals surface area contributed by atoms with Crippen molar-refractivity contribution < 1.29 is 19.1 Å². The molecule has 0 unspecified atom stereocenters. The van der Waals surface area contributed by atoms with Gasteiger partial charge in [0.2, 0.25) is 0 Å². The third-order valence-corrected chi connectivity index (χ3v) is 5.27. The summed E-state index contributed by atoms with van der Waals surface area (Å²) >= 11 is 0. The molecular formula is C24H30N4O4. The maximum atomic E-state index is 12.6. The van der Waals surface area contributed by atoms with Crippen LogP contribution in [0.4, 0.5) is 5.69 Å². The van der Waals surface area contributed by atoms with Crippen LogP contribution in [-0.2, 0) is 9.59 Å². The molecule has 1 aliphatic heterocycles. The van der Waals surface area contributed by atoms with E-state index in [1.165, 1.54) is 0 Å². The van der Waals surface area contributed by atoms with Crippen LogP contribution in [0.1, 0.15) is 22.8 Å². The molecule has 2 aromatic rings. The number of ether oxygens (including phenoxy) is 1. The Morgan fingerprint density at radius 1 is 0.969 bits per heavy atom. The Balaban J connectivity index is 1.36. The number of amides is 3. The van der Waals surface area contributed by atoms with Gasteiger partial charge in [-0.25, -0.2) is 0 Å². The van der Waals surface area contributed by atoms with E-state index in [1.54, 1.807) is 24.3 Å². The Morgan fingerprint density at radius 3 is 2.34 bits per heavy atom. The topological polar surface area (TPSA) is 91.0 Å². The number of hydrogen-bond acceptors (Lipinski definition) is 5. The molecule has 3 amide bonds. The SMILES string of the molecule is CCOc1ccc(NC(=O)C(=O)NCCN2CCN(C(=O)c3cccc(C)c3)CC2)cc1. The molecule has 0 bridgehead atoms. The third-order valence-electron chi connectivity index (χ3n) is 5.27. The Hall–Kier alpha value is -3.39. The molecule has 0 spiro atoms. The lowest BCUT2D eigenvalue weighted by molar-refractivity contribution is -0.136. The van der Waals surface area contributed by atoms with Crippen molar-refractivity contribution in [1.82, 2.24) is 15.1 Å². The smallest absolute Gasteiger partial charge is 0.313 e. The van der Waals surface area contributed by atoms with Crippen LogP contribution in [-0.4, -0.2) is 73.4 Å². The lowest BCUT2D eigenvalue weighted by atomic mass is 10.1. The van der Waals surface area contributed by atoms with Gasteiger partial charge in [0.15, 0.2) is 0 Å². The van der Waals surface area contributed by atoms with Crippen molar-refractivity contribution in [2.75, 3.05) is 51.2 Å². The standard InChI is InChI=1S/C24H30N4O4/c1-3-32-21-9-7-20(8-10-21)26-23(30)22(29)25-11-12-27-13-15-28(16-14-27)24(31)19-6-4-5-18(2)17-19/h4-10,17H,3,11-16H2,1-2H3,(H,25,29)(H,26,30). The molecule has 8 heteroatoms. The highest BCUT2D eigenvalue weighted by atomic mass is 16.5. The number of hydrogen-bond donors (Lipinski definition) is 2. The van der Waals surface area contributed by atoms with Gasteiger partial charge in [-0.05, 0) is 50.2 Å². The molecule has 170 valence electrons. The number of nitrogens with zero attached hydrogens (tertiary/aromatic N) is 2. The van der Waals surface area contributed by atoms with Crippen molar-refractivity contribution in [2.45, 2.75) is 13.8 Å². The van der Waals surface area contributed by atoms with E-state index in [0.717, 1.165) is 18.7 Å². The van der Waals surface area contributed by atoms with Crippen molar-refractivity contribution in [3.8, 4) is 5.75 Å². The number of nitrogens with one attached hydrogen (secondary N) is 2. The summed E-state index contributed by atoms with van der Waals surface area (Å²) in [6.45, 7) is 8.14. The van der Waals surface area contributed by atoms with Crippen molar-refractivity contribution >= 4 is 23.4 Å². The highest BCUT2D eigenvalue weighted by Gasteiger charge is 2.22. The molecule has 0 radical (unpaired) electrons. The first-order chi connectivity index (χ1) is 15.5. The molecule has 0 saturated carbocycles. The zero-order chi connectivity index (χ0) is 22.9. The Bertz CT molecular complexity index is 937. The van der Waals surface area contributed by atoms with Gasteiger partial charge in [0.05, 0.1) is 6.61 Å². The number of anilines is 1. The van der Waals surface area contributed by atoms with Gasteiger partial charge in [0.1, 0.15) is 5.75 Å². The van der Waals surface area contributed by atoms with Crippen molar-refractivity contribution in [3.63, 3.8) is 0 Å². The third kappa shape index (κ3) is 6.55. The monoisotopic (exact) mass is 438 g/mol. The Kier molecular flexibility index (Phi) is 8.21. The van der Waals surface area contributed by atoms with E-state index < -0.39 is 11.8 Å². The average molecular weight is 439 g/mol. The van der Waals surface area contributed by atoms with E-state index in [4.69, 9.17) is 4.74 Å². The van der Waals surface area contributed by atoms with Crippen molar-refractivity contribution in [3.05, 3.63) is 59.7 Å². The van der Waals surface area contributed by atoms with Gasteiger partial charge in [-0.3, -0.25) is 19.3 Å². The molecule has 1 fully saturated rings. The van der Waals surface area contributed by atoms with Crippen molar-refractivity contribution in [2.24, 2.45) is 0 Å². The summed E-state index contributed by atoms with van der Waals surface area (Å²) in [5.74, 6) is -0.627. The molecule has 32 heavy (non-hydrogen) atoms. The summed E-state index contributed by atoms with van der Waals surface area (Å²) < 4.78 is 5.35. The van der Waals surface area contributed by atoms with Gasteiger partial charge in [-0.15, -0.1) is 0 Å². The summed E-state index contributed by atoms with van der Waals surface area (Å²) in [4.78, 5) is 40.8. The fourth-order valence-electron chi connectivity index (χ4n) is 3.53. The molecule has 2 aromatic carbocycles. The number of rotatable bonds is 7. The van der Waals surface area contributed by atoms with Gasteiger partial charge < -0.3 is 20.3 Å². The molecule has 1 aliphatic rings. The van der Waals surface area contributed by atoms with Gasteiger partial charge in [0.25, 0.3) is 5.91 Å². The van der Waals surface area contributed by atoms with Crippen LogP contribution in [0.2, 0.25) is 0 Å². The summed E-state index contributed by atoms with van der Waals surface area (Å²) in [5, 5.41) is 5.22. The quantitative estimate of drug-likeness (QED) is 0.645. The first-order valence-corrected chi connectivity index (χ1v) is 10.9. The summed E-state index contributed by atoms with van der Waals surface area (Å²) in [6, 6.07) is 14.5. The summed E-state index contributed by atoms with van der Waals surface area (Å²) in [5.41, 5.74) is 2.31. The Labute approximate surface area is 188 Å². The second-order valence-corrected chi connectivity index (χ2v) is 7.67. The van der Waals surface area contributed by atoms with Crippen LogP contribution < -0.4 is 15.4 Å². The first-order valence-electron chi connectivity index (χ1n) is 10.9. The van der Waals surface area contributed by atoms with Gasteiger partial charge in [0, 0.05) is 50.5 Å². The van der Waals surface area contributed by atoms with E-state index in [2.05, 4.69) is 15.5 Å². The zero-order valence-electron chi connectivity index (χ0n) is 18.6. The lowest BCUT2D eigenvalue weighted by Crippen LogP contribution is -2.50. The predicted molar refractivity (Wildman–Crippen MR) is 123 cm³/mol. The van der Waals surface area contributed by atoms with Crippen LogP contribution in [0, 0.1) is 6.92 Å². The van der Waals surface area contributed by atoms with Crippen molar-refractivity contribution in [1.29, 1.82) is 0 Å². The van der Waals surface area contributed by atoms with Gasteiger partial charge >= 0.3 is 11.8 Å². The molecule has 3 rings (SSSR count). The fraction of sp³-hybridized carbons (Fsp3) is 0.375. The van der Waals surface area contributed by atoms with E-state index in [-0.39, 0.29) is 5.91 Å². The van der Waals surface area contributed by atoms with E-state index in [0.29, 0.717) is 49.8 Å². The van der Waals surface area contributed by atoms with Crippen LogP contribution in [0.25, 0.3) is 0 Å². The number of benzene rings is 2. The van der Waals surface area contributed by atoms with Gasteiger partial charge in [-0.2, -0.15) is 0 Å². The molecule has 2 N–H and O–H groups in total. The predicted octanol–water partition coefficient (Wildman–Crippen LogP) is 1.91. The summed E-state index contributed by atoms with van der Waals surface area (Å²) in [6.07, 6.45) is 0. The minimum Gasteiger partial charge on any atom is -0.494 e. The summed E-state index contributed by atoms with van der Waals surface area (Å²) in [7, 11) is 0.